The van der Waals surface area contributed by atoms with E-state index in [1.165, 1.54) is 4.90 Å². The van der Waals surface area contributed by atoms with Gasteiger partial charge in [0.1, 0.15) is 11.6 Å². The minimum atomic E-state index is -1.12. The normalized spacial score (nSPS) is 28.4. The largest absolute Gasteiger partial charge is 0.480 e. The summed E-state index contributed by atoms with van der Waals surface area (Å²) in [6, 6.07) is 6.34. The van der Waals surface area contributed by atoms with Gasteiger partial charge in [-0.1, -0.05) is 18.2 Å². The van der Waals surface area contributed by atoms with Gasteiger partial charge in [0, 0.05) is 18.7 Å². The number of nitrogens with zero attached hydrogens (tertiary/aromatic N) is 1. The lowest BCUT2D eigenvalue weighted by Gasteiger charge is -2.30. The first-order valence-electron chi connectivity index (χ1n) is 6.54. The molecule has 6 heteroatoms. The second kappa shape index (κ2) is 4.57. The van der Waals surface area contributed by atoms with Crippen LogP contribution in [0.2, 0.25) is 0 Å². The van der Waals surface area contributed by atoms with E-state index in [0.717, 1.165) is 5.56 Å². The fourth-order valence-corrected chi connectivity index (χ4v) is 2.82. The summed E-state index contributed by atoms with van der Waals surface area (Å²) in [6.07, 6.45) is 0.727. The van der Waals surface area contributed by atoms with E-state index in [0.29, 0.717) is 25.1 Å². The second-order valence-corrected chi connectivity index (χ2v) is 5.32. The molecule has 20 heavy (non-hydrogen) atoms. The van der Waals surface area contributed by atoms with Crippen LogP contribution in [0, 0.1) is 0 Å². The van der Waals surface area contributed by atoms with Crippen LogP contribution in [-0.2, 0) is 20.7 Å². The van der Waals surface area contributed by atoms with E-state index in [9.17, 15) is 14.7 Å². The van der Waals surface area contributed by atoms with Crippen LogP contribution >= 0.6 is 0 Å². The molecule has 1 saturated heterocycles. The maximum absolute atomic E-state index is 12.7. The van der Waals surface area contributed by atoms with Crippen LogP contribution in [0.4, 0.5) is 5.69 Å². The van der Waals surface area contributed by atoms with Crippen molar-refractivity contribution in [3.63, 3.8) is 0 Å². The van der Waals surface area contributed by atoms with Gasteiger partial charge >= 0.3 is 5.97 Å². The number of carboxylic acids is 1. The third kappa shape index (κ3) is 1.88. The van der Waals surface area contributed by atoms with Crippen molar-refractivity contribution in [2.75, 3.05) is 18.1 Å². The standard InChI is InChI=1S/C14H16N2O4/c15-14(5-6-20-8-14)13(19)16-10-4-2-1-3-9(10)7-11(16)12(17)18/h1-4,11H,5-8,15H2,(H,17,18)/t11-,14?/m0/s1. The van der Waals surface area contributed by atoms with Crippen LogP contribution in [0.15, 0.2) is 24.3 Å². The van der Waals surface area contributed by atoms with Gasteiger partial charge in [-0.05, 0) is 18.1 Å². The first kappa shape index (κ1) is 13.1. The molecule has 6 nitrogen and oxygen atoms in total. The molecule has 0 spiro atoms. The predicted molar refractivity (Wildman–Crippen MR) is 71.4 cm³/mol. The van der Waals surface area contributed by atoms with Gasteiger partial charge in [-0.3, -0.25) is 9.69 Å². The Hall–Kier alpha value is -1.92. The van der Waals surface area contributed by atoms with Crippen LogP contribution in [0.5, 0.6) is 0 Å². The van der Waals surface area contributed by atoms with E-state index in [4.69, 9.17) is 10.5 Å². The highest BCUT2D eigenvalue weighted by molar-refractivity contribution is 6.06. The topological polar surface area (TPSA) is 92.9 Å². The number of benzene rings is 1. The molecule has 106 valence electrons. The first-order valence-corrected chi connectivity index (χ1v) is 6.54. The minimum Gasteiger partial charge on any atom is -0.480 e. The predicted octanol–water partition coefficient (Wildman–Crippen LogP) is 0.147. The molecular weight excluding hydrogens is 260 g/mol. The quantitative estimate of drug-likeness (QED) is 0.802. The van der Waals surface area contributed by atoms with Crippen LogP contribution in [0.1, 0.15) is 12.0 Å². The lowest BCUT2D eigenvalue weighted by Crippen LogP contribution is -2.59. The maximum Gasteiger partial charge on any atom is 0.327 e. The Labute approximate surface area is 116 Å². The number of carbonyl (C=O) groups excluding carboxylic acids is 1. The number of carboxylic acid groups (broad SMARTS) is 1. The number of rotatable bonds is 2. The molecule has 0 aromatic heterocycles. The lowest BCUT2D eigenvalue weighted by molar-refractivity contribution is -0.140. The Morgan fingerprint density at radius 3 is 2.80 bits per heavy atom. The van der Waals surface area contributed by atoms with E-state index in [-0.39, 0.29) is 12.5 Å². The molecule has 1 amide bonds. The summed E-state index contributed by atoms with van der Waals surface area (Å²) in [5.41, 5.74) is 6.47. The number of nitrogens with two attached hydrogens (primary N) is 1. The van der Waals surface area contributed by atoms with Crippen LogP contribution in [0.25, 0.3) is 0 Å². The third-order valence-electron chi connectivity index (χ3n) is 3.96. The first-order chi connectivity index (χ1) is 9.53. The van der Waals surface area contributed by atoms with Gasteiger partial charge in [0.05, 0.1) is 6.61 Å². The van der Waals surface area contributed by atoms with Gasteiger partial charge in [0.2, 0.25) is 5.91 Å². The smallest absolute Gasteiger partial charge is 0.327 e. The molecule has 3 rings (SSSR count). The summed E-state index contributed by atoms with van der Waals surface area (Å²) < 4.78 is 5.20. The SMILES string of the molecule is NC1(C(=O)N2c3ccccc3C[C@H]2C(=O)O)CCOC1. The van der Waals surface area contributed by atoms with Gasteiger partial charge in [-0.15, -0.1) is 0 Å². The average Bonchev–Trinajstić information content (AvgIpc) is 3.02. The number of aliphatic carboxylic acids is 1. The van der Waals surface area contributed by atoms with E-state index in [1.807, 2.05) is 12.1 Å². The number of hydrogen-bond donors (Lipinski definition) is 2. The molecule has 3 N–H and O–H groups in total. The highest BCUT2D eigenvalue weighted by atomic mass is 16.5. The Morgan fingerprint density at radius 2 is 2.15 bits per heavy atom. The number of fused-ring (bicyclic) bond motifs is 1. The van der Waals surface area contributed by atoms with E-state index < -0.39 is 17.6 Å². The maximum atomic E-state index is 12.7. The molecule has 2 aliphatic heterocycles. The molecular formula is C14H16N2O4. The zero-order valence-corrected chi connectivity index (χ0v) is 10.9. The summed E-state index contributed by atoms with van der Waals surface area (Å²) in [4.78, 5) is 25.5. The van der Waals surface area contributed by atoms with Crippen molar-refractivity contribution in [2.45, 2.75) is 24.4 Å². The Bertz CT molecular complexity index is 566. The lowest BCUT2D eigenvalue weighted by atomic mass is 9.97. The molecule has 0 saturated carbocycles. The Balaban J connectivity index is 2.00. The van der Waals surface area contributed by atoms with Crippen molar-refractivity contribution in [3.05, 3.63) is 29.8 Å². The zero-order chi connectivity index (χ0) is 14.3. The third-order valence-corrected chi connectivity index (χ3v) is 3.96. The average molecular weight is 276 g/mol. The fraction of sp³-hybridized carbons (Fsp3) is 0.429. The molecule has 0 radical (unpaired) electrons. The summed E-state index contributed by atoms with van der Waals surface area (Å²) in [5.74, 6) is -1.38. The number of para-hydroxylation sites is 1. The number of ether oxygens (including phenoxy) is 1. The van der Waals surface area contributed by atoms with Crippen molar-refractivity contribution in [2.24, 2.45) is 5.73 Å². The highest BCUT2D eigenvalue weighted by Crippen LogP contribution is 2.34. The van der Waals surface area contributed by atoms with Crippen molar-refractivity contribution in [1.82, 2.24) is 0 Å². The second-order valence-electron chi connectivity index (χ2n) is 5.32. The molecule has 1 aromatic rings. The van der Waals surface area contributed by atoms with Gasteiger partial charge in [0.25, 0.3) is 0 Å². The van der Waals surface area contributed by atoms with Crippen molar-refractivity contribution >= 4 is 17.6 Å². The van der Waals surface area contributed by atoms with Crippen LogP contribution in [0.3, 0.4) is 0 Å². The summed E-state index contributed by atoms with van der Waals surface area (Å²) >= 11 is 0. The molecule has 2 heterocycles. The minimum absolute atomic E-state index is 0.136. The van der Waals surface area contributed by atoms with Gasteiger partial charge < -0.3 is 15.6 Å². The van der Waals surface area contributed by atoms with Gasteiger partial charge in [-0.25, -0.2) is 4.79 Å². The Morgan fingerprint density at radius 1 is 1.40 bits per heavy atom. The van der Waals surface area contributed by atoms with Crippen LogP contribution in [-0.4, -0.2) is 41.8 Å². The molecule has 0 bridgehead atoms. The fourth-order valence-electron chi connectivity index (χ4n) is 2.82. The molecule has 1 fully saturated rings. The molecule has 2 aliphatic rings. The summed E-state index contributed by atoms with van der Waals surface area (Å²) in [5, 5.41) is 9.37. The molecule has 2 atom stereocenters. The zero-order valence-electron chi connectivity index (χ0n) is 10.9. The number of amides is 1. The van der Waals surface area contributed by atoms with E-state index in [2.05, 4.69) is 0 Å². The Kier molecular flexibility index (Phi) is 2.99. The molecule has 1 unspecified atom stereocenters. The monoisotopic (exact) mass is 276 g/mol. The van der Waals surface area contributed by atoms with Gasteiger partial charge in [-0.2, -0.15) is 0 Å². The highest BCUT2D eigenvalue weighted by Gasteiger charge is 2.47. The summed E-state index contributed by atoms with van der Waals surface area (Å²) in [7, 11) is 0. The van der Waals surface area contributed by atoms with Crippen molar-refractivity contribution in [1.29, 1.82) is 0 Å². The summed E-state index contributed by atoms with van der Waals surface area (Å²) in [6.45, 7) is 0.562. The number of anilines is 1. The van der Waals surface area contributed by atoms with Crippen molar-refractivity contribution in [3.8, 4) is 0 Å². The van der Waals surface area contributed by atoms with Crippen LogP contribution < -0.4 is 10.6 Å². The van der Waals surface area contributed by atoms with E-state index >= 15 is 0 Å². The van der Waals surface area contributed by atoms with Crippen molar-refractivity contribution < 1.29 is 19.4 Å². The van der Waals surface area contributed by atoms with E-state index in [1.54, 1.807) is 12.1 Å². The molecule has 1 aromatic carbocycles. The molecule has 0 aliphatic carbocycles. The number of hydrogen-bond acceptors (Lipinski definition) is 4. The number of carbonyl (C=O) groups is 2. The van der Waals surface area contributed by atoms with Gasteiger partial charge in [0.15, 0.2) is 0 Å².